The predicted molar refractivity (Wildman–Crippen MR) is 89.3 cm³/mol. The van der Waals surface area contributed by atoms with Crippen molar-refractivity contribution in [1.82, 2.24) is 0 Å². The van der Waals surface area contributed by atoms with Crippen LogP contribution in [0.5, 0.6) is 0 Å². The number of carbonyl (C=O) groups is 2. The van der Waals surface area contributed by atoms with Crippen molar-refractivity contribution in [2.75, 3.05) is 10.6 Å². The monoisotopic (exact) mass is 296 g/mol. The summed E-state index contributed by atoms with van der Waals surface area (Å²) in [6.07, 6.45) is 2.31. The highest BCUT2D eigenvalue weighted by Crippen LogP contribution is 2.23. The van der Waals surface area contributed by atoms with Gasteiger partial charge in [-0.25, -0.2) is 0 Å². The summed E-state index contributed by atoms with van der Waals surface area (Å²) in [7, 11) is 0. The molecule has 2 rings (SSSR count). The number of hydrogen-bond donors (Lipinski definition) is 2. The van der Waals surface area contributed by atoms with Crippen LogP contribution in [0.4, 0.5) is 11.4 Å². The zero-order valence-electron chi connectivity index (χ0n) is 12.8. The zero-order chi connectivity index (χ0) is 15.9. The highest BCUT2D eigenvalue weighted by molar-refractivity contribution is 6.05. The van der Waals surface area contributed by atoms with Crippen LogP contribution in [0, 0.1) is 0 Å². The Hall–Kier alpha value is -2.62. The molecule has 0 aliphatic carbocycles. The lowest BCUT2D eigenvalue weighted by Crippen LogP contribution is -2.15. The van der Waals surface area contributed by atoms with E-state index in [-0.39, 0.29) is 5.91 Å². The van der Waals surface area contributed by atoms with E-state index in [9.17, 15) is 9.59 Å². The number of aryl methyl sites for hydroxylation is 2. The maximum Gasteiger partial charge on any atom is 0.255 e. The van der Waals surface area contributed by atoms with Gasteiger partial charge in [-0.3, -0.25) is 9.59 Å². The quantitative estimate of drug-likeness (QED) is 0.800. The lowest BCUT2D eigenvalue weighted by Gasteiger charge is -2.14. The summed E-state index contributed by atoms with van der Waals surface area (Å²) in [4.78, 5) is 23.0. The third kappa shape index (κ3) is 3.52. The van der Waals surface area contributed by atoms with Crippen LogP contribution < -0.4 is 10.6 Å². The summed E-state index contributed by atoms with van der Waals surface area (Å²) in [5, 5.41) is 5.56. The first-order chi connectivity index (χ1) is 10.7. The fraction of sp³-hybridized carbons (Fsp3) is 0.222. The zero-order valence-corrected chi connectivity index (χ0v) is 12.8. The van der Waals surface area contributed by atoms with E-state index in [1.165, 1.54) is 0 Å². The molecule has 0 heterocycles. The van der Waals surface area contributed by atoms with Crippen LogP contribution in [0.2, 0.25) is 0 Å². The van der Waals surface area contributed by atoms with Crippen LogP contribution in [0.25, 0.3) is 0 Å². The third-order valence-electron chi connectivity index (χ3n) is 3.59. The van der Waals surface area contributed by atoms with Gasteiger partial charge in [0.15, 0.2) is 0 Å². The molecule has 22 heavy (non-hydrogen) atoms. The maximum atomic E-state index is 12.5. The number of para-hydroxylation sites is 1. The Morgan fingerprint density at radius 1 is 1.05 bits per heavy atom. The van der Waals surface area contributed by atoms with E-state index in [1.54, 1.807) is 24.3 Å². The molecule has 0 aliphatic rings. The largest absolute Gasteiger partial charge is 0.329 e. The third-order valence-corrected chi connectivity index (χ3v) is 3.59. The van der Waals surface area contributed by atoms with Crippen molar-refractivity contribution >= 4 is 23.7 Å². The van der Waals surface area contributed by atoms with E-state index in [2.05, 4.69) is 24.5 Å². The molecule has 0 aromatic heterocycles. The van der Waals surface area contributed by atoms with E-state index in [4.69, 9.17) is 0 Å². The normalized spacial score (nSPS) is 10.1. The molecular weight excluding hydrogens is 276 g/mol. The minimum absolute atomic E-state index is 0.176. The molecule has 2 aromatic rings. The molecule has 2 N–H and O–H groups in total. The van der Waals surface area contributed by atoms with Gasteiger partial charge in [0.2, 0.25) is 6.41 Å². The van der Waals surface area contributed by atoms with Gasteiger partial charge in [0.1, 0.15) is 0 Å². The number of anilines is 2. The summed E-state index contributed by atoms with van der Waals surface area (Å²) < 4.78 is 0. The first-order valence-electron chi connectivity index (χ1n) is 7.42. The molecule has 0 saturated carbocycles. The molecule has 0 unspecified atom stereocenters. The maximum absolute atomic E-state index is 12.5. The number of hydrogen-bond acceptors (Lipinski definition) is 2. The molecule has 2 amide bonds. The van der Waals surface area contributed by atoms with Crippen LogP contribution in [0.1, 0.15) is 35.3 Å². The number of benzene rings is 2. The standard InChI is InChI=1S/C18H20N2O2/c1-3-13-7-5-8-14(4-2)17(13)20-18(22)15-9-6-10-16(11-15)19-12-21/h5-12H,3-4H2,1-2H3,(H,19,21)(H,20,22). The first kappa shape index (κ1) is 15.8. The van der Waals surface area contributed by atoms with E-state index in [0.717, 1.165) is 29.7 Å². The summed E-state index contributed by atoms with van der Waals surface area (Å²) in [5.41, 5.74) is 4.25. The Morgan fingerprint density at radius 3 is 2.27 bits per heavy atom. The fourth-order valence-electron chi connectivity index (χ4n) is 2.41. The molecule has 0 radical (unpaired) electrons. The van der Waals surface area contributed by atoms with Crippen LogP contribution in [0.15, 0.2) is 42.5 Å². The Bertz CT molecular complexity index is 658. The summed E-state index contributed by atoms with van der Waals surface area (Å²) in [6, 6.07) is 12.9. The van der Waals surface area contributed by atoms with Gasteiger partial charge in [-0.1, -0.05) is 38.1 Å². The van der Waals surface area contributed by atoms with Gasteiger partial charge in [-0.05, 0) is 42.2 Å². The Balaban J connectivity index is 2.29. The predicted octanol–water partition coefficient (Wildman–Crippen LogP) is 3.63. The molecule has 0 fully saturated rings. The molecule has 2 aromatic carbocycles. The SMILES string of the molecule is CCc1cccc(CC)c1NC(=O)c1cccc(NC=O)c1. The topological polar surface area (TPSA) is 58.2 Å². The van der Waals surface area contributed by atoms with Gasteiger partial charge in [-0.15, -0.1) is 0 Å². The van der Waals surface area contributed by atoms with Crippen molar-refractivity contribution in [3.63, 3.8) is 0 Å². The smallest absolute Gasteiger partial charge is 0.255 e. The highest BCUT2D eigenvalue weighted by atomic mass is 16.1. The Labute approximate surface area is 130 Å². The van der Waals surface area contributed by atoms with Crippen molar-refractivity contribution in [3.05, 3.63) is 59.2 Å². The number of rotatable bonds is 6. The molecule has 114 valence electrons. The molecule has 4 heteroatoms. The van der Waals surface area contributed by atoms with Crippen molar-refractivity contribution in [1.29, 1.82) is 0 Å². The van der Waals surface area contributed by atoms with E-state index in [0.29, 0.717) is 17.7 Å². The van der Waals surface area contributed by atoms with Gasteiger partial charge in [0.25, 0.3) is 5.91 Å². The summed E-state index contributed by atoms with van der Waals surface area (Å²) >= 11 is 0. The van der Waals surface area contributed by atoms with Crippen molar-refractivity contribution < 1.29 is 9.59 Å². The second-order valence-corrected chi connectivity index (χ2v) is 4.96. The average Bonchev–Trinajstić information content (AvgIpc) is 2.55. The Kier molecular flexibility index (Phi) is 5.31. The first-order valence-corrected chi connectivity index (χ1v) is 7.42. The number of carbonyl (C=O) groups excluding carboxylic acids is 2. The number of nitrogens with one attached hydrogen (secondary N) is 2. The van der Waals surface area contributed by atoms with Crippen LogP contribution >= 0.6 is 0 Å². The molecular formula is C18H20N2O2. The van der Waals surface area contributed by atoms with Crippen molar-refractivity contribution in [3.8, 4) is 0 Å². The molecule has 0 aliphatic heterocycles. The molecule has 0 bridgehead atoms. The minimum atomic E-state index is -0.176. The van der Waals surface area contributed by atoms with Gasteiger partial charge in [-0.2, -0.15) is 0 Å². The van der Waals surface area contributed by atoms with Crippen molar-refractivity contribution in [2.24, 2.45) is 0 Å². The second-order valence-electron chi connectivity index (χ2n) is 4.96. The summed E-state index contributed by atoms with van der Waals surface area (Å²) in [5.74, 6) is -0.176. The van der Waals surface area contributed by atoms with Crippen LogP contribution in [-0.4, -0.2) is 12.3 Å². The van der Waals surface area contributed by atoms with E-state index >= 15 is 0 Å². The van der Waals surface area contributed by atoms with Crippen LogP contribution in [0.3, 0.4) is 0 Å². The minimum Gasteiger partial charge on any atom is -0.329 e. The lowest BCUT2D eigenvalue weighted by molar-refractivity contribution is -0.105. The average molecular weight is 296 g/mol. The second kappa shape index (κ2) is 7.41. The molecule has 0 saturated heterocycles. The number of amides is 2. The molecule has 4 nitrogen and oxygen atoms in total. The highest BCUT2D eigenvalue weighted by Gasteiger charge is 2.12. The lowest BCUT2D eigenvalue weighted by atomic mass is 10.0. The van der Waals surface area contributed by atoms with E-state index < -0.39 is 0 Å². The molecule has 0 atom stereocenters. The van der Waals surface area contributed by atoms with Gasteiger partial charge in [0.05, 0.1) is 0 Å². The van der Waals surface area contributed by atoms with Crippen molar-refractivity contribution in [2.45, 2.75) is 26.7 Å². The van der Waals surface area contributed by atoms with Gasteiger partial charge in [0, 0.05) is 16.9 Å². The fourth-order valence-corrected chi connectivity index (χ4v) is 2.41. The van der Waals surface area contributed by atoms with Crippen LogP contribution in [-0.2, 0) is 17.6 Å². The van der Waals surface area contributed by atoms with E-state index in [1.807, 2.05) is 18.2 Å². The van der Waals surface area contributed by atoms with Gasteiger partial charge < -0.3 is 10.6 Å². The summed E-state index contributed by atoms with van der Waals surface area (Å²) in [6.45, 7) is 4.14. The Morgan fingerprint density at radius 2 is 1.68 bits per heavy atom. The molecule has 0 spiro atoms. The van der Waals surface area contributed by atoms with Gasteiger partial charge >= 0.3 is 0 Å².